The van der Waals surface area contributed by atoms with Crippen molar-refractivity contribution in [2.45, 2.75) is 0 Å². The van der Waals surface area contributed by atoms with E-state index in [0.29, 0.717) is 11.6 Å². The van der Waals surface area contributed by atoms with E-state index in [-0.39, 0.29) is 0 Å². The summed E-state index contributed by atoms with van der Waals surface area (Å²) in [7, 11) is 5.44. The van der Waals surface area contributed by atoms with Gasteiger partial charge in [0.05, 0.1) is 7.11 Å². The van der Waals surface area contributed by atoms with Crippen LogP contribution in [-0.4, -0.2) is 25.6 Å². The van der Waals surface area contributed by atoms with Crippen molar-refractivity contribution in [1.29, 1.82) is 0 Å². The molecule has 0 unspecified atom stereocenters. The Morgan fingerprint density at radius 1 is 1.55 bits per heavy atom. The molecule has 62 valence electrons. The second-order valence-electron chi connectivity index (χ2n) is 2.30. The molecule has 0 atom stereocenters. The lowest BCUT2D eigenvalue weighted by Crippen LogP contribution is -2.07. The summed E-state index contributed by atoms with van der Waals surface area (Å²) >= 11 is 1.33. The van der Waals surface area contributed by atoms with Crippen molar-refractivity contribution in [3.63, 3.8) is 0 Å². The SMILES string of the molecule is COc1c(N)nsc1N(C)C. The molecule has 0 bridgehead atoms. The molecule has 0 fully saturated rings. The average Bonchev–Trinajstić information content (AvgIpc) is 2.30. The average molecular weight is 173 g/mol. The highest BCUT2D eigenvalue weighted by Gasteiger charge is 2.12. The third-order valence-electron chi connectivity index (χ3n) is 1.27. The lowest BCUT2D eigenvalue weighted by Gasteiger charge is -2.09. The summed E-state index contributed by atoms with van der Waals surface area (Å²) in [5.41, 5.74) is 5.54. The molecule has 0 aromatic carbocycles. The van der Waals surface area contributed by atoms with Crippen LogP contribution >= 0.6 is 11.5 Å². The van der Waals surface area contributed by atoms with Crippen LogP contribution in [0.1, 0.15) is 0 Å². The van der Waals surface area contributed by atoms with Crippen LogP contribution in [0, 0.1) is 0 Å². The molecule has 0 saturated heterocycles. The summed E-state index contributed by atoms with van der Waals surface area (Å²) in [6.45, 7) is 0. The third-order valence-corrected chi connectivity index (χ3v) is 2.28. The molecule has 1 heterocycles. The van der Waals surface area contributed by atoms with Crippen LogP contribution < -0.4 is 15.4 Å². The summed E-state index contributed by atoms with van der Waals surface area (Å²) in [6, 6.07) is 0. The van der Waals surface area contributed by atoms with Crippen LogP contribution in [0.25, 0.3) is 0 Å². The molecule has 1 aromatic rings. The zero-order valence-electron chi connectivity index (χ0n) is 6.79. The molecule has 4 nitrogen and oxygen atoms in total. The Morgan fingerprint density at radius 2 is 2.18 bits per heavy atom. The molecule has 2 N–H and O–H groups in total. The maximum atomic E-state index is 5.54. The summed E-state index contributed by atoms with van der Waals surface area (Å²) in [5.74, 6) is 1.13. The van der Waals surface area contributed by atoms with Gasteiger partial charge in [-0.05, 0) is 11.5 Å². The molecule has 11 heavy (non-hydrogen) atoms. The van der Waals surface area contributed by atoms with Crippen molar-refractivity contribution in [3.8, 4) is 5.75 Å². The number of nitrogen functional groups attached to an aromatic ring is 1. The van der Waals surface area contributed by atoms with E-state index in [1.807, 2.05) is 19.0 Å². The monoisotopic (exact) mass is 173 g/mol. The van der Waals surface area contributed by atoms with Crippen LogP contribution in [-0.2, 0) is 0 Å². The van der Waals surface area contributed by atoms with E-state index < -0.39 is 0 Å². The first-order valence-electron chi connectivity index (χ1n) is 3.13. The van der Waals surface area contributed by atoms with Crippen LogP contribution in [0.2, 0.25) is 0 Å². The van der Waals surface area contributed by atoms with Crippen molar-refractivity contribution in [3.05, 3.63) is 0 Å². The maximum Gasteiger partial charge on any atom is 0.197 e. The van der Waals surface area contributed by atoms with E-state index >= 15 is 0 Å². The lowest BCUT2D eigenvalue weighted by atomic mass is 10.5. The minimum atomic E-state index is 0.459. The van der Waals surface area contributed by atoms with Gasteiger partial charge in [0.2, 0.25) is 0 Å². The van der Waals surface area contributed by atoms with E-state index in [2.05, 4.69) is 4.37 Å². The number of nitrogens with two attached hydrogens (primary N) is 1. The largest absolute Gasteiger partial charge is 0.490 e. The minimum Gasteiger partial charge on any atom is -0.490 e. The second kappa shape index (κ2) is 2.96. The first-order chi connectivity index (χ1) is 5.16. The molecule has 1 aromatic heterocycles. The zero-order chi connectivity index (χ0) is 8.43. The predicted molar refractivity (Wildman–Crippen MR) is 47.4 cm³/mol. The number of hydrogen-bond acceptors (Lipinski definition) is 5. The Morgan fingerprint density at radius 3 is 2.55 bits per heavy atom. The van der Waals surface area contributed by atoms with Gasteiger partial charge in [0, 0.05) is 14.1 Å². The van der Waals surface area contributed by atoms with Crippen LogP contribution in [0.3, 0.4) is 0 Å². The first-order valence-corrected chi connectivity index (χ1v) is 3.90. The maximum absolute atomic E-state index is 5.54. The number of hydrogen-bond donors (Lipinski definition) is 1. The lowest BCUT2D eigenvalue weighted by molar-refractivity contribution is 0.418. The van der Waals surface area contributed by atoms with E-state index in [1.165, 1.54) is 11.5 Å². The molecule has 0 aliphatic heterocycles. The third kappa shape index (κ3) is 1.37. The molecule has 0 spiro atoms. The van der Waals surface area contributed by atoms with Crippen molar-refractivity contribution in [1.82, 2.24) is 4.37 Å². The van der Waals surface area contributed by atoms with Crippen molar-refractivity contribution >= 4 is 22.4 Å². The highest BCUT2D eigenvalue weighted by molar-refractivity contribution is 7.11. The molecular weight excluding hydrogens is 162 g/mol. The fraction of sp³-hybridized carbons (Fsp3) is 0.500. The van der Waals surface area contributed by atoms with Crippen molar-refractivity contribution in [2.75, 3.05) is 31.8 Å². The highest BCUT2D eigenvalue weighted by Crippen LogP contribution is 2.36. The van der Waals surface area contributed by atoms with Gasteiger partial charge in [-0.1, -0.05) is 0 Å². The summed E-state index contributed by atoms with van der Waals surface area (Å²) in [4.78, 5) is 1.92. The standard InChI is InChI=1S/C6H11N3OS/c1-9(2)6-4(10-3)5(7)8-11-6/h1-3H3,(H2,7,8). The van der Waals surface area contributed by atoms with Crippen molar-refractivity contribution < 1.29 is 4.74 Å². The van der Waals surface area contributed by atoms with Gasteiger partial charge >= 0.3 is 0 Å². The molecule has 0 aliphatic rings. The second-order valence-corrected chi connectivity index (χ2v) is 3.05. The van der Waals surface area contributed by atoms with Gasteiger partial charge in [-0.25, -0.2) is 0 Å². The number of ether oxygens (including phenoxy) is 1. The molecule has 0 saturated carbocycles. The predicted octanol–water partition coefficient (Wildman–Crippen LogP) is 0.800. The Bertz CT molecular complexity index is 246. The quantitative estimate of drug-likeness (QED) is 0.718. The number of nitrogens with zero attached hydrogens (tertiary/aromatic N) is 2. The van der Waals surface area contributed by atoms with Gasteiger partial charge in [0.1, 0.15) is 0 Å². The summed E-state index contributed by atoms with van der Waals surface area (Å²) in [6.07, 6.45) is 0. The number of anilines is 2. The van der Waals surface area contributed by atoms with E-state index in [4.69, 9.17) is 10.5 Å². The fourth-order valence-electron chi connectivity index (χ4n) is 0.761. The molecule has 5 heteroatoms. The normalized spacial score (nSPS) is 9.73. The van der Waals surface area contributed by atoms with Crippen LogP contribution in [0.15, 0.2) is 0 Å². The van der Waals surface area contributed by atoms with Gasteiger partial charge in [0.25, 0.3) is 0 Å². The molecule has 1 rings (SSSR count). The fourth-order valence-corrected chi connectivity index (χ4v) is 1.46. The topological polar surface area (TPSA) is 51.4 Å². The Labute approximate surface area is 69.7 Å². The smallest absolute Gasteiger partial charge is 0.197 e. The van der Waals surface area contributed by atoms with E-state index in [0.717, 1.165) is 5.00 Å². The number of aromatic nitrogens is 1. The zero-order valence-corrected chi connectivity index (χ0v) is 7.60. The van der Waals surface area contributed by atoms with Gasteiger partial charge in [0.15, 0.2) is 16.6 Å². The van der Waals surface area contributed by atoms with Crippen LogP contribution in [0.4, 0.5) is 10.8 Å². The molecule has 0 amide bonds. The van der Waals surface area contributed by atoms with E-state index in [1.54, 1.807) is 7.11 Å². The molecular formula is C6H11N3OS. The van der Waals surface area contributed by atoms with Crippen molar-refractivity contribution in [2.24, 2.45) is 0 Å². The van der Waals surface area contributed by atoms with Gasteiger partial charge < -0.3 is 15.4 Å². The van der Waals surface area contributed by atoms with Crippen LogP contribution in [0.5, 0.6) is 5.75 Å². The summed E-state index contributed by atoms with van der Waals surface area (Å²) in [5, 5.41) is 0.949. The van der Waals surface area contributed by atoms with E-state index in [9.17, 15) is 0 Å². The Balaban J connectivity index is 3.05. The Kier molecular flexibility index (Phi) is 2.19. The first kappa shape index (κ1) is 8.13. The van der Waals surface area contributed by atoms with Gasteiger partial charge in [-0.3, -0.25) is 0 Å². The highest BCUT2D eigenvalue weighted by atomic mass is 32.1. The Hall–Kier alpha value is -0.970. The minimum absolute atomic E-state index is 0.459. The number of rotatable bonds is 2. The molecule has 0 radical (unpaired) electrons. The van der Waals surface area contributed by atoms with Gasteiger partial charge in [-0.2, -0.15) is 4.37 Å². The molecule has 0 aliphatic carbocycles. The number of methoxy groups -OCH3 is 1. The van der Waals surface area contributed by atoms with Gasteiger partial charge in [-0.15, -0.1) is 0 Å². The summed E-state index contributed by atoms with van der Waals surface area (Å²) < 4.78 is 9.02.